The molecular formula is C13H12N2O5S. The number of rotatable bonds is 4. The van der Waals surface area contributed by atoms with E-state index in [1.807, 2.05) is 0 Å². The van der Waals surface area contributed by atoms with Crippen LogP contribution in [0.15, 0.2) is 41.3 Å². The quantitative estimate of drug-likeness (QED) is 0.879. The SMILES string of the molecule is CS(=O)(=O)c1cccc(Oc2nc(C(=O)O)ccc2N)c1. The Morgan fingerprint density at radius 3 is 2.62 bits per heavy atom. The Morgan fingerprint density at radius 2 is 2.00 bits per heavy atom. The molecule has 7 nitrogen and oxygen atoms in total. The molecule has 0 aliphatic rings. The fourth-order valence-corrected chi connectivity index (χ4v) is 2.19. The summed E-state index contributed by atoms with van der Waals surface area (Å²) in [5.74, 6) is -1.12. The van der Waals surface area contributed by atoms with Gasteiger partial charge in [-0.3, -0.25) is 0 Å². The first-order chi connectivity index (χ1) is 9.77. The number of hydrogen-bond donors (Lipinski definition) is 2. The van der Waals surface area contributed by atoms with Crippen molar-refractivity contribution in [2.24, 2.45) is 0 Å². The van der Waals surface area contributed by atoms with E-state index in [1.54, 1.807) is 0 Å². The summed E-state index contributed by atoms with van der Waals surface area (Å²) in [4.78, 5) is 14.7. The van der Waals surface area contributed by atoms with Crippen LogP contribution in [0, 0.1) is 0 Å². The number of nitrogens with zero attached hydrogens (tertiary/aromatic N) is 1. The Morgan fingerprint density at radius 1 is 1.29 bits per heavy atom. The first-order valence-corrected chi connectivity index (χ1v) is 7.64. The molecule has 0 saturated carbocycles. The zero-order valence-electron chi connectivity index (χ0n) is 11.0. The highest BCUT2D eigenvalue weighted by Crippen LogP contribution is 2.27. The van der Waals surface area contributed by atoms with Crippen molar-refractivity contribution < 1.29 is 23.1 Å². The summed E-state index contributed by atoms with van der Waals surface area (Å²) in [7, 11) is -3.38. The lowest BCUT2D eigenvalue weighted by molar-refractivity contribution is 0.0689. The predicted octanol–water partition coefficient (Wildman–Crippen LogP) is 1.56. The van der Waals surface area contributed by atoms with Crippen molar-refractivity contribution >= 4 is 21.5 Å². The number of pyridine rings is 1. The molecule has 2 aromatic rings. The van der Waals surface area contributed by atoms with Gasteiger partial charge in [-0.1, -0.05) is 6.07 Å². The largest absolute Gasteiger partial charge is 0.477 e. The number of nitrogen functional groups attached to an aromatic ring is 1. The van der Waals surface area contributed by atoms with Gasteiger partial charge in [0.1, 0.15) is 5.75 Å². The smallest absolute Gasteiger partial charge is 0.354 e. The van der Waals surface area contributed by atoms with Gasteiger partial charge in [-0.05, 0) is 30.3 Å². The summed E-state index contributed by atoms with van der Waals surface area (Å²) in [5, 5.41) is 8.88. The normalized spacial score (nSPS) is 11.1. The molecular weight excluding hydrogens is 296 g/mol. The van der Waals surface area contributed by atoms with E-state index in [0.717, 1.165) is 6.26 Å². The molecule has 0 bridgehead atoms. The molecule has 2 rings (SSSR count). The summed E-state index contributed by atoms with van der Waals surface area (Å²) in [6.07, 6.45) is 1.07. The summed E-state index contributed by atoms with van der Waals surface area (Å²) in [5.41, 5.74) is 5.58. The van der Waals surface area contributed by atoms with Crippen molar-refractivity contribution in [3.8, 4) is 11.6 Å². The summed E-state index contributed by atoms with van der Waals surface area (Å²) < 4.78 is 28.3. The maximum Gasteiger partial charge on any atom is 0.354 e. The zero-order chi connectivity index (χ0) is 15.6. The monoisotopic (exact) mass is 308 g/mol. The topological polar surface area (TPSA) is 120 Å². The van der Waals surface area contributed by atoms with Crippen molar-refractivity contribution in [1.29, 1.82) is 0 Å². The third kappa shape index (κ3) is 3.48. The summed E-state index contributed by atoms with van der Waals surface area (Å²) in [6, 6.07) is 8.35. The molecule has 0 aliphatic heterocycles. The average Bonchev–Trinajstić information content (AvgIpc) is 2.40. The zero-order valence-corrected chi connectivity index (χ0v) is 11.8. The second-order valence-electron chi connectivity index (χ2n) is 4.25. The molecule has 21 heavy (non-hydrogen) atoms. The molecule has 0 radical (unpaired) electrons. The van der Waals surface area contributed by atoms with E-state index >= 15 is 0 Å². The van der Waals surface area contributed by atoms with E-state index < -0.39 is 15.8 Å². The van der Waals surface area contributed by atoms with Crippen LogP contribution >= 0.6 is 0 Å². The van der Waals surface area contributed by atoms with Gasteiger partial charge in [0.15, 0.2) is 15.5 Å². The first-order valence-electron chi connectivity index (χ1n) is 5.75. The van der Waals surface area contributed by atoms with Crippen LogP contribution in [0.3, 0.4) is 0 Å². The molecule has 0 fully saturated rings. The number of benzene rings is 1. The molecule has 1 heterocycles. The minimum atomic E-state index is -3.38. The number of ether oxygens (including phenoxy) is 1. The number of aromatic nitrogens is 1. The van der Waals surface area contributed by atoms with Gasteiger partial charge in [0.05, 0.1) is 10.6 Å². The van der Waals surface area contributed by atoms with E-state index in [4.69, 9.17) is 15.6 Å². The number of anilines is 1. The van der Waals surface area contributed by atoms with Crippen molar-refractivity contribution in [1.82, 2.24) is 4.98 Å². The lowest BCUT2D eigenvalue weighted by atomic mass is 10.3. The van der Waals surface area contributed by atoms with Crippen LogP contribution in [0.4, 0.5) is 5.69 Å². The van der Waals surface area contributed by atoms with E-state index in [0.29, 0.717) is 0 Å². The van der Waals surface area contributed by atoms with Gasteiger partial charge in [0.2, 0.25) is 5.88 Å². The van der Waals surface area contributed by atoms with Crippen LogP contribution in [0.1, 0.15) is 10.5 Å². The van der Waals surface area contributed by atoms with Crippen LogP contribution in [-0.2, 0) is 9.84 Å². The number of aromatic carboxylic acids is 1. The fourth-order valence-electron chi connectivity index (χ4n) is 1.53. The summed E-state index contributed by atoms with van der Waals surface area (Å²) in [6.45, 7) is 0. The predicted molar refractivity (Wildman–Crippen MR) is 75.2 cm³/mol. The third-order valence-electron chi connectivity index (χ3n) is 2.56. The Kier molecular flexibility index (Phi) is 3.81. The molecule has 8 heteroatoms. The van der Waals surface area contributed by atoms with Crippen LogP contribution in [0.5, 0.6) is 11.6 Å². The Bertz CT molecular complexity index is 802. The maximum atomic E-state index is 11.5. The molecule has 0 spiro atoms. The molecule has 0 unspecified atom stereocenters. The second kappa shape index (κ2) is 5.41. The van der Waals surface area contributed by atoms with Gasteiger partial charge in [-0.25, -0.2) is 18.2 Å². The minimum absolute atomic E-state index is 0.0768. The first kappa shape index (κ1) is 14.8. The van der Waals surface area contributed by atoms with Crippen LogP contribution in [0.2, 0.25) is 0 Å². The van der Waals surface area contributed by atoms with E-state index in [9.17, 15) is 13.2 Å². The van der Waals surface area contributed by atoms with Crippen LogP contribution in [0.25, 0.3) is 0 Å². The second-order valence-corrected chi connectivity index (χ2v) is 6.26. The van der Waals surface area contributed by atoms with E-state index in [1.165, 1.54) is 36.4 Å². The molecule has 0 amide bonds. The van der Waals surface area contributed by atoms with Crippen LogP contribution < -0.4 is 10.5 Å². The number of sulfone groups is 1. The molecule has 0 atom stereocenters. The van der Waals surface area contributed by atoms with Crippen molar-refractivity contribution in [3.63, 3.8) is 0 Å². The van der Waals surface area contributed by atoms with Gasteiger partial charge >= 0.3 is 5.97 Å². The lowest BCUT2D eigenvalue weighted by Gasteiger charge is -2.09. The molecule has 3 N–H and O–H groups in total. The van der Waals surface area contributed by atoms with Crippen LogP contribution in [-0.4, -0.2) is 30.7 Å². The molecule has 0 aliphatic carbocycles. The highest BCUT2D eigenvalue weighted by molar-refractivity contribution is 7.90. The lowest BCUT2D eigenvalue weighted by Crippen LogP contribution is -2.04. The van der Waals surface area contributed by atoms with Crippen molar-refractivity contribution in [2.75, 3.05) is 12.0 Å². The number of carboxylic acids is 1. The molecule has 0 saturated heterocycles. The van der Waals surface area contributed by atoms with Gasteiger partial charge < -0.3 is 15.6 Å². The Hall–Kier alpha value is -2.61. The molecule has 1 aromatic heterocycles. The molecule has 110 valence electrons. The Labute approximate surface area is 120 Å². The van der Waals surface area contributed by atoms with Gasteiger partial charge in [0.25, 0.3) is 0 Å². The third-order valence-corrected chi connectivity index (χ3v) is 3.67. The highest BCUT2D eigenvalue weighted by atomic mass is 32.2. The number of nitrogens with two attached hydrogens (primary N) is 1. The van der Waals surface area contributed by atoms with E-state index in [-0.39, 0.29) is 27.9 Å². The van der Waals surface area contributed by atoms with Crippen molar-refractivity contribution in [3.05, 3.63) is 42.1 Å². The van der Waals surface area contributed by atoms with Gasteiger partial charge in [-0.15, -0.1) is 0 Å². The molecule has 1 aromatic carbocycles. The maximum absolute atomic E-state index is 11.5. The minimum Gasteiger partial charge on any atom is -0.477 e. The Balaban J connectivity index is 2.39. The number of hydrogen-bond acceptors (Lipinski definition) is 6. The summed E-state index contributed by atoms with van der Waals surface area (Å²) >= 11 is 0. The van der Waals surface area contributed by atoms with Crippen molar-refractivity contribution in [2.45, 2.75) is 4.90 Å². The van der Waals surface area contributed by atoms with E-state index in [2.05, 4.69) is 4.98 Å². The fraction of sp³-hybridized carbons (Fsp3) is 0.0769. The van der Waals surface area contributed by atoms with Gasteiger partial charge in [0, 0.05) is 6.26 Å². The standard InChI is InChI=1S/C13H12N2O5S/c1-21(18,19)9-4-2-3-8(7-9)20-12-10(14)5-6-11(15-12)13(16)17/h2-7H,14H2,1H3,(H,16,17). The highest BCUT2D eigenvalue weighted by Gasteiger charge is 2.12. The number of carboxylic acid groups (broad SMARTS) is 1. The average molecular weight is 308 g/mol. The van der Waals surface area contributed by atoms with Gasteiger partial charge in [-0.2, -0.15) is 0 Å². The number of carbonyl (C=O) groups is 1.